The van der Waals surface area contributed by atoms with Crippen molar-refractivity contribution in [2.24, 2.45) is 0 Å². The fraction of sp³-hybridized carbons (Fsp3) is 0.375. The Labute approximate surface area is 197 Å². The summed E-state index contributed by atoms with van der Waals surface area (Å²) >= 11 is 0. The van der Waals surface area contributed by atoms with Crippen LogP contribution >= 0.6 is 0 Å². The number of benzene rings is 1. The molecule has 0 radical (unpaired) electrons. The topological polar surface area (TPSA) is 69.4 Å². The highest BCUT2D eigenvalue weighted by Gasteiger charge is 2.65. The smallest absolute Gasteiger partial charge is 0.398 e. The summed E-state index contributed by atoms with van der Waals surface area (Å²) < 4.78 is 63.2. The third-order valence-electron chi connectivity index (χ3n) is 6.61. The van der Waals surface area contributed by atoms with Crippen LogP contribution < -0.4 is 10.3 Å². The number of halogens is 4. The lowest BCUT2D eigenvalue weighted by Crippen LogP contribution is -2.46. The van der Waals surface area contributed by atoms with Crippen molar-refractivity contribution in [2.75, 3.05) is 19.7 Å². The summed E-state index contributed by atoms with van der Waals surface area (Å²) in [4.78, 5) is 31.5. The van der Waals surface area contributed by atoms with Crippen molar-refractivity contribution in [2.45, 2.75) is 37.9 Å². The highest BCUT2D eigenvalue weighted by molar-refractivity contribution is 5.93. The van der Waals surface area contributed by atoms with Crippen molar-refractivity contribution in [3.63, 3.8) is 0 Å². The molecule has 0 N–H and O–H groups in total. The maximum atomic E-state index is 13.8. The van der Waals surface area contributed by atoms with Crippen molar-refractivity contribution in [3.05, 3.63) is 76.0 Å². The molecule has 7 nitrogen and oxygen atoms in total. The SMILES string of the molecule is Cc1cn(-c2ccc3n(c2=O)CCN(CCOc2ccc(F)cc2C2(C(F)(F)F)CC2)C3=O)cn1. The lowest BCUT2D eigenvalue weighted by Gasteiger charge is -2.30. The Balaban J connectivity index is 1.30. The number of nitrogens with zero attached hydrogens (tertiary/aromatic N) is 4. The first-order valence-electron chi connectivity index (χ1n) is 11.1. The normalized spacial score (nSPS) is 16.8. The number of imidazole rings is 1. The van der Waals surface area contributed by atoms with E-state index in [4.69, 9.17) is 4.74 Å². The zero-order valence-corrected chi connectivity index (χ0v) is 18.8. The van der Waals surface area contributed by atoms with E-state index in [-0.39, 0.29) is 67.6 Å². The molecule has 3 heterocycles. The second kappa shape index (κ2) is 8.24. The first kappa shape index (κ1) is 23.1. The van der Waals surface area contributed by atoms with E-state index in [1.54, 1.807) is 29.8 Å². The molecule has 2 aromatic heterocycles. The summed E-state index contributed by atoms with van der Waals surface area (Å²) in [6.07, 6.45) is -1.50. The number of carbonyl (C=O) groups is 1. The van der Waals surface area contributed by atoms with Crippen molar-refractivity contribution >= 4 is 5.91 Å². The molecule has 1 aliphatic heterocycles. The van der Waals surface area contributed by atoms with Crippen molar-refractivity contribution in [1.82, 2.24) is 19.0 Å². The highest BCUT2D eigenvalue weighted by Crippen LogP contribution is 2.60. The number of hydrogen-bond donors (Lipinski definition) is 0. The molecule has 11 heteroatoms. The van der Waals surface area contributed by atoms with Crippen molar-refractivity contribution in [3.8, 4) is 11.4 Å². The quantitative estimate of drug-likeness (QED) is 0.495. The van der Waals surface area contributed by atoms with Crippen LogP contribution in [0.1, 0.15) is 34.6 Å². The van der Waals surface area contributed by atoms with Gasteiger partial charge in [0.1, 0.15) is 29.6 Å². The molecular formula is C24H22F4N4O3. The summed E-state index contributed by atoms with van der Waals surface area (Å²) in [5.41, 5.74) is -1.27. The van der Waals surface area contributed by atoms with E-state index in [2.05, 4.69) is 4.98 Å². The third kappa shape index (κ3) is 3.98. The molecule has 0 bridgehead atoms. The second-order valence-corrected chi connectivity index (χ2v) is 8.84. The first-order valence-corrected chi connectivity index (χ1v) is 11.1. The molecule has 2 aliphatic rings. The Kier molecular flexibility index (Phi) is 5.45. The molecule has 0 atom stereocenters. The monoisotopic (exact) mass is 490 g/mol. The fourth-order valence-corrected chi connectivity index (χ4v) is 4.52. The number of fused-ring (bicyclic) bond motifs is 1. The molecule has 184 valence electrons. The molecule has 0 unspecified atom stereocenters. The molecule has 1 amide bonds. The van der Waals surface area contributed by atoms with Crippen LogP contribution in [-0.4, -0.2) is 50.8 Å². The van der Waals surface area contributed by atoms with E-state index in [1.807, 2.05) is 0 Å². The largest absolute Gasteiger partial charge is 0.491 e. The lowest BCUT2D eigenvalue weighted by molar-refractivity contribution is -0.161. The number of rotatable bonds is 6. The minimum absolute atomic E-state index is 0.0393. The summed E-state index contributed by atoms with van der Waals surface area (Å²) in [6, 6.07) is 6.26. The van der Waals surface area contributed by atoms with Crippen LogP contribution in [0.5, 0.6) is 5.75 Å². The van der Waals surface area contributed by atoms with E-state index in [1.165, 1.54) is 21.9 Å². The number of ether oxygens (including phenoxy) is 1. The van der Waals surface area contributed by atoms with Crippen LogP contribution in [0.3, 0.4) is 0 Å². The molecule has 1 aromatic carbocycles. The van der Waals surface area contributed by atoms with Gasteiger partial charge in [-0.15, -0.1) is 0 Å². The fourth-order valence-electron chi connectivity index (χ4n) is 4.52. The van der Waals surface area contributed by atoms with Gasteiger partial charge in [0.05, 0.1) is 24.0 Å². The number of alkyl halides is 3. The minimum Gasteiger partial charge on any atom is -0.491 e. The molecule has 1 saturated carbocycles. The molecule has 5 rings (SSSR count). The Morgan fingerprint density at radius 3 is 2.54 bits per heavy atom. The minimum atomic E-state index is -4.51. The van der Waals surface area contributed by atoms with E-state index in [0.717, 1.165) is 17.8 Å². The Morgan fingerprint density at radius 2 is 1.89 bits per heavy atom. The highest BCUT2D eigenvalue weighted by atomic mass is 19.4. The van der Waals surface area contributed by atoms with Gasteiger partial charge in [-0.05, 0) is 50.1 Å². The van der Waals surface area contributed by atoms with E-state index < -0.39 is 17.4 Å². The number of carbonyl (C=O) groups excluding carboxylic acids is 1. The zero-order valence-electron chi connectivity index (χ0n) is 18.8. The zero-order chi connectivity index (χ0) is 25.0. The van der Waals surface area contributed by atoms with Gasteiger partial charge >= 0.3 is 6.18 Å². The van der Waals surface area contributed by atoms with Crippen molar-refractivity contribution < 1.29 is 27.1 Å². The van der Waals surface area contributed by atoms with Gasteiger partial charge < -0.3 is 18.8 Å². The van der Waals surface area contributed by atoms with Crippen LogP contribution in [0.4, 0.5) is 17.6 Å². The van der Waals surface area contributed by atoms with Gasteiger partial charge in [-0.3, -0.25) is 9.59 Å². The predicted molar refractivity (Wildman–Crippen MR) is 117 cm³/mol. The maximum Gasteiger partial charge on any atom is 0.398 e. The summed E-state index contributed by atoms with van der Waals surface area (Å²) in [7, 11) is 0. The lowest BCUT2D eigenvalue weighted by atomic mass is 9.94. The number of aromatic nitrogens is 3. The maximum absolute atomic E-state index is 13.8. The van der Waals surface area contributed by atoms with Crippen LogP contribution in [0.15, 0.2) is 47.7 Å². The second-order valence-electron chi connectivity index (χ2n) is 8.84. The van der Waals surface area contributed by atoms with E-state index in [9.17, 15) is 27.2 Å². The van der Waals surface area contributed by atoms with Crippen LogP contribution in [0.25, 0.3) is 5.69 Å². The van der Waals surface area contributed by atoms with Crippen LogP contribution in [-0.2, 0) is 12.0 Å². The Hall–Kier alpha value is -3.63. The van der Waals surface area contributed by atoms with Gasteiger partial charge in [-0.1, -0.05) is 0 Å². The molecule has 0 saturated heterocycles. The Bertz CT molecular complexity index is 1360. The number of pyridine rings is 1. The standard InChI is InChI=1S/C24H22F4N4O3/c1-15-13-31(14-29-15)18-3-4-19-21(33)30(8-9-32(19)22(18)34)10-11-35-20-5-2-16(25)12-17(20)23(6-7-23)24(26,27)28/h2-5,12-14H,6-11H2,1H3. The average molecular weight is 490 g/mol. The van der Waals surface area contributed by atoms with Gasteiger partial charge in [0, 0.05) is 24.8 Å². The van der Waals surface area contributed by atoms with Gasteiger partial charge in [-0.25, -0.2) is 9.37 Å². The summed E-state index contributed by atoms with van der Waals surface area (Å²) in [6.45, 7) is 2.34. The predicted octanol–water partition coefficient (Wildman–Crippen LogP) is 3.61. The van der Waals surface area contributed by atoms with E-state index in [0.29, 0.717) is 5.69 Å². The van der Waals surface area contributed by atoms with Gasteiger partial charge in [0.25, 0.3) is 11.5 Å². The summed E-state index contributed by atoms with van der Waals surface area (Å²) in [5, 5.41) is 0. The van der Waals surface area contributed by atoms with Gasteiger partial charge in [0.15, 0.2) is 0 Å². The molecule has 1 aliphatic carbocycles. The average Bonchev–Trinajstić information content (AvgIpc) is 3.52. The number of amides is 1. The molecule has 3 aromatic rings. The summed E-state index contributed by atoms with van der Waals surface area (Å²) in [5.74, 6) is -1.18. The van der Waals surface area contributed by atoms with Gasteiger partial charge in [0.2, 0.25) is 0 Å². The van der Waals surface area contributed by atoms with Crippen LogP contribution in [0, 0.1) is 12.7 Å². The molecule has 0 spiro atoms. The van der Waals surface area contributed by atoms with Crippen LogP contribution in [0.2, 0.25) is 0 Å². The van der Waals surface area contributed by atoms with Crippen molar-refractivity contribution in [1.29, 1.82) is 0 Å². The van der Waals surface area contributed by atoms with E-state index >= 15 is 0 Å². The number of hydrogen-bond acceptors (Lipinski definition) is 4. The third-order valence-corrected chi connectivity index (χ3v) is 6.61. The molecule has 1 fully saturated rings. The Morgan fingerprint density at radius 1 is 1.11 bits per heavy atom. The first-order chi connectivity index (χ1) is 16.6. The number of aryl methyl sites for hydroxylation is 1. The molecule has 35 heavy (non-hydrogen) atoms. The molecular weight excluding hydrogens is 468 g/mol. The van der Waals surface area contributed by atoms with Gasteiger partial charge in [-0.2, -0.15) is 13.2 Å².